The van der Waals surface area contributed by atoms with E-state index in [2.05, 4.69) is 4.72 Å². The maximum Gasteiger partial charge on any atom is 0.243 e. The van der Waals surface area contributed by atoms with Crippen LogP contribution in [0.15, 0.2) is 17.0 Å². The van der Waals surface area contributed by atoms with E-state index in [-0.39, 0.29) is 22.5 Å². The molecule has 0 aromatic heterocycles. The van der Waals surface area contributed by atoms with Crippen molar-refractivity contribution in [1.82, 2.24) is 4.72 Å². The van der Waals surface area contributed by atoms with E-state index in [4.69, 9.17) is 16.7 Å². The number of rotatable bonds is 5. The largest absolute Gasteiger partial charge is 0.392 e. The topological polar surface area (TPSA) is 66.4 Å². The van der Waals surface area contributed by atoms with Crippen LogP contribution in [-0.2, 0) is 16.6 Å². The monoisotopic (exact) mass is 309 g/mol. The Hall–Kier alpha value is -0.690. The summed E-state index contributed by atoms with van der Waals surface area (Å²) >= 11 is 5.74. The molecule has 108 valence electrons. The molecule has 0 aliphatic heterocycles. The first-order chi connectivity index (χ1) is 8.69. The molecule has 0 saturated carbocycles. The number of aliphatic hydroxyl groups is 1. The van der Waals surface area contributed by atoms with Gasteiger partial charge in [0.25, 0.3) is 0 Å². The summed E-state index contributed by atoms with van der Waals surface area (Å²) < 4.78 is 40.5. The second-order valence-electron chi connectivity index (χ2n) is 4.69. The fraction of sp³-hybridized carbons (Fsp3) is 0.500. The standard InChI is InChI=1S/C12H17ClFNO3S/c1-7(2)8(3)15-19(17,18)11-5-10(13)4-9(6-16)12(11)14/h4-5,7-8,15-16H,6H2,1-3H3. The van der Waals surface area contributed by atoms with Gasteiger partial charge in [-0.05, 0) is 25.0 Å². The normalized spacial score (nSPS) is 13.8. The molecule has 0 aliphatic carbocycles. The highest BCUT2D eigenvalue weighted by Gasteiger charge is 2.24. The maximum atomic E-state index is 14.0. The van der Waals surface area contributed by atoms with Gasteiger partial charge in [0.15, 0.2) is 0 Å². The van der Waals surface area contributed by atoms with Crippen molar-refractivity contribution in [3.63, 3.8) is 0 Å². The molecule has 0 heterocycles. The summed E-state index contributed by atoms with van der Waals surface area (Å²) in [5.74, 6) is -0.912. The molecule has 1 unspecified atom stereocenters. The van der Waals surface area contributed by atoms with Crippen molar-refractivity contribution in [2.45, 2.75) is 38.3 Å². The zero-order valence-electron chi connectivity index (χ0n) is 10.9. The van der Waals surface area contributed by atoms with Crippen molar-refractivity contribution in [1.29, 1.82) is 0 Å². The summed E-state index contributed by atoms with van der Waals surface area (Å²) in [5.41, 5.74) is -0.148. The molecule has 19 heavy (non-hydrogen) atoms. The van der Waals surface area contributed by atoms with E-state index in [1.54, 1.807) is 6.92 Å². The fourth-order valence-corrected chi connectivity index (χ4v) is 3.22. The first-order valence-corrected chi connectivity index (χ1v) is 7.66. The highest BCUT2D eigenvalue weighted by Crippen LogP contribution is 2.24. The Morgan fingerprint density at radius 1 is 1.37 bits per heavy atom. The highest BCUT2D eigenvalue weighted by molar-refractivity contribution is 7.89. The van der Waals surface area contributed by atoms with Crippen molar-refractivity contribution in [3.05, 3.63) is 28.5 Å². The molecule has 0 bridgehead atoms. The SMILES string of the molecule is CC(C)C(C)NS(=O)(=O)c1cc(Cl)cc(CO)c1F. The van der Waals surface area contributed by atoms with Crippen LogP contribution in [0.1, 0.15) is 26.3 Å². The maximum absolute atomic E-state index is 14.0. The molecule has 0 amide bonds. The Balaban J connectivity index is 3.25. The number of nitrogens with one attached hydrogen (secondary N) is 1. The zero-order valence-corrected chi connectivity index (χ0v) is 12.5. The van der Waals surface area contributed by atoms with Crippen LogP contribution in [0.3, 0.4) is 0 Å². The van der Waals surface area contributed by atoms with E-state index in [1.165, 1.54) is 6.07 Å². The lowest BCUT2D eigenvalue weighted by Crippen LogP contribution is -2.36. The Morgan fingerprint density at radius 3 is 2.42 bits per heavy atom. The minimum atomic E-state index is -4.01. The summed E-state index contributed by atoms with van der Waals surface area (Å²) in [5, 5.41) is 9.05. The third kappa shape index (κ3) is 3.89. The van der Waals surface area contributed by atoms with Crippen LogP contribution in [0.4, 0.5) is 4.39 Å². The Labute approximate surface area is 117 Å². The number of halogens is 2. The van der Waals surface area contributed by atoms with E-state index < -0.39 is 27.3 Å². The predicted octanol–water partition coefficient (Wildman–Crippen LogP) is 2.29. The van der Waals surface area contributed by atoms with E-state index in [0.29, 0.717) is 0 Å². The van der Waals surface area contributed by atoms with Gasteiger partial charge in [0.1, 0.15) is 10.7 Å². The Bertz CT molecular complexity index is 560. The Kier molecular flexibility index (Phi) is 5.32. The van der Waals surface area contributed by atoms with Gasteiger partial charge in [-0.15, -0.1) is 0 Å². The molecule has 1 rings (SSSR count). The first-order valence-electron chi connectivity index (χ1n) is 5.80. The van der Waals surface area contributed by atoms with Crippen molar-refractivity contribution in [2.75, 3.05) is 0 Å². The van der Waals surface area contributed by atoms with Gasteiger partial charge in [0, 0.05) is 16.6 Å². The number of sulfonamides is 1. The number of hydrogen-bond acceptors (Lipinski definition) is 3. The molecule has 1 atom stereocenters. The number of hydrogen-bond donors (Lipinski definition) is 2. The van der Waals surface area contributed by atoms with Crippen LogP contribution in [-0.4, -0.2) is 19.6 Å². The summed E-state index contributed by atoms with van der Waals surface area (Å²) in [6, 6.07) is 1.88. The van der Waals surface area contributed by atoms with Crippen molar-refractivity contribution in [2.24, 2.45) is 5.92 Å². The average molecular weight is 310 g/mol. The smallest absolute Gasteiger partial charge is 0.243 e. The molecular formula is C12H17ClFNO3S. The van der Waals surface area contributed by atoms with E-state index >= 15 is 0 Å². The second-order valence-corrected chi connectivity index (χ2v) is 6.81. The molecule has 0 radical (unpaired) electrons. The molecule has 0 saturated heterocycles. The number of aliphatic hydroxyl groups excluding tert-OH is 1. The average Bonchev–Trinajstić information content (AvgIpc) is 2.30. The lowest BCUT2D eigenvalue weighted by Gasteiger charge is -2.18. The van der Waals surface area contributed by atoms with Crippen LogP contribution in [0.2, 0.25) is 5.02 Å². The van der Waals surface area contributed by atoms with Crippen molar-refractivity contribution in [3.8, 4) is 0 Å². The first kappa shape index (κ1) is 16.4. The highest BCUT2D eigenvalue weighted by atomic mass is 35.5. The van der Waals surface area contributed by atoms with Crippen molar-refractivity contribution >= 4 is 21.6 Å². The lowest BCUT2D eigenvalue weighted by molar-refractivity contribution is 0.274. The zero-order chi connectivity index (χ0) is 14.8. The molecule has 1 aromatic carbocycles. The summed E-state index contributed by atoms with van der Waals surface area (Å²) in [6.07, 6.45) is 0. The fourth-order valence-electron chi connectivity index (χ4n) is 1.37. The van der Waals surface area contributed by atoms with E-state index in [1.807, 2.05) is 13.8 Å². The molecule has 1 aromatic rings. The van der Waals surface area contributed by atoms with Gasteiger partial charge >= 0.3 is 0 Å². The minimum absolute atomic E-state index is 0.0584. The van der Waals surface area contributed by atoms with E-state index in [0.717, 1.165) is 6.07 Å². The van der Waals surface area contributed by atoms with Gasteiger partial charge in [-0.3, -0.25) is 0 Å². The second kappa shape index (κ2) is 6.17. The predicted molar refractivity (Wildman–Crippen MR) is 72.0 cm³/mol. The van der Waals surface area contributed by atoms with Gasteiger partial charge < -0.3 is 5.11 Å². The molecular weight excluding hydrogens is 293 g/mol. The van der Waals surface area contributed by atoms with Gasteiger partial charge in [0.05, 0.1) is 6.61 Å². The van der Waals surface area contributed by atoms with E-state index in [9.17, 15) is 12.8 Å². The quantitative estimate of drug-likeness (QED) is 0.877. The van der Waals surface area contributed by atoms with Crippen LogP contribution >= 0.6 is 11.6 Å². The van der Waals surface area contributed by atoms with Crippen LogP contribution in [0.25, 0.3) is 0 Å². The summed E-state index contributed by atoms with van der Waals surface area (Å²) in [4.78, 5) is -0.545. The number of benzene rings is 1. The Morgan fingerprint density at radius 2 is 1.95 bits per heavy atom. The molecule has 0 aliphatic rings. The third-order valence-corrected chi connectivity index (χ3v) is 4.66. The van der Waals surface area contributed by atoms with Gasteiger partial charge in [-0.25, -0.2) is 17.5 Å². The van der Waals surface area contributed by atoms with Crippen LogP contribution in [0.5, 0.6) is 0 Å². The van der Waals surface area contributed by atoms with Gasteiger partial charge in [-0.1, -0.05) is 25.4 Å². The van der Waals surface area contributed by atoms with Gasteiger partial charge in [0.2, 0.25) is 10.0 Å². The van der Waals surface area contributed by atoms with Gasteiger partial charge in [-0.2, -0.15) is 0 Å². The van der Waals surface area contributed by atoms with Crippen molar-refractivity contribution < 1.29 is 17.9 Å². The molecule has 2 N–H and O–H groups in total. The summed E-state index contributed by atoms with van der Waals surface area (Å²) in [6.45, 7) is 4.77. The van der Waals surface area contributed by atoms with Crippen LogP contribution < -0.4 is 4.72 Å². The summed E-state index contributed by atoms with van der Waals surface area (Å²) in [7, 11) is -4.01. The molecule has 7 heteroatoms. The molecule has 0 fully saturated rings. The lowest BCUT2D eigenvalue weighted by atomic mass is 10.1. The third-order valence-electron chi connectivity index (χ3n) is 2.88. The molecule has 4 nitrogen and oxygen atoms in total. The minimum Gasteiger partial charge on any atom is -0.392 e. The molecule has 0 spiro atoms. The van der Waals surface area contributed by atoms with Crippen LogP contribution in [0, 0.1) is 11.7 Å².